The van der Waals surface area contributed by atoms with E-state index < -0.39 is 21.2 Å². The Bertz CT molecular complexity index is 1350. The predicted octanol–water partition coefficient (Wildman–Crippen LogP) is 3.79. The van der Waals surface area contributed by atoms with E-state index in [4.69, 9.17) is 10.5 Å². The van der Waals surface area contributed by atoms with Crippen LogP contribution in [0.2, 0.25) is 0 Å². The lowest BCUT2D eigenvalue weighted by Gasteiger charge is -2.35. The SMILES string of the molecule is Cc1cc(Nc2ccc(-c3cnc(C4CCC(OC(N)=O)CC4)s3)c(S(=O)(=O)C3CN(C)C3)c2)n[nH]1. The van der Waals surface area contributed by atoms with Crippen LogP contribution in [0.4, 0.5) is 16.3 Å². The van der Waals surface area contributed by atoms with Gasteiger partial charge in [0, 0.05) is 48.2 Å². The van der Waals surface area contributed by atoms with Crippen LogP contribution in [0, 0.1) is 6.92 Å². The number of sulfone groups is 1. The molecule has 0 bridgehead atoms. The summed E-state index contributed by atoms with van der Waals surface area (Å²) in [6.07, 6.45) is 4.06. The van der Waals surface area contributed by atoms with E-state index in [0.29, 0.717) is 35.1 Å². The monoisotopic (exact) mass is 530 g/mol. The standard InChI is InChI=1S/C24H30N6O4S2/c1-14-9-22(29-28-14)27-16-5-8-19(21(10-16)36(32,33)18-12-30(2)13-18)20-11-26-23(35-20)15-3-6-17(7-4-15)34-24(25)31/h5,8-11,15,17-18H,3-4,6-7,12-13H2,1-2H3,(H2,25,31)(H2,27,28,29). The summed E-state index contributed by atoms with van der Waals surface area (Å²) in [5, 5.41) is 10.8. The van der Waals surface area contributed by atoms with E-state index in [-0.39, 0.29) is 12.0 Å². The minimum absolute atomic E-state index is 0.145. The van der Waals surface area contributed by atoms with E-state index >= 15 is 0 Å². The van der Waals surface area contributed by atoms with Gasteiger partial charge in [0.25, 0.3) is 0 Å². The van der Waals surface area contributed by atoms with Crippen molar-refractivity contribution in [3.63, 3.8) is 0 Å². The van der Waals surface area contributed by atoms with Crippen molar-refractivity contribution in [3.8, 4) is 10.4 Å². The number of nitrogens with one attached hydrogen (secondary N) is 2. The second kappa shape index (κ2) is 9.83. The fourth-order valence-corrected chi connectivity index (χ4v) is 8.11. The lowest BCUT2D eigenvalue weighted by Crippen LogP contribution is -2.52. The number of hydrogen-bond acceptors (Lipinski definition) is 9. The molecule has 1 aliphatic heterocycles. The van der Waals surface area contributed by atoms with Gasteiger partial charge < -0.3 is 20.7 Å². The lowest BCUT2D eigenvalue weighted by atomic mass is 9.88. The normalized spacial score (nSPS) is 21.2. The van der Waals surface area contributed by atoms with Gasteiger partial charge in [0.05, 0.1) is 20.0 Å². The third-order valence-electron chi connectivity index (χ3n) is 6.83. The molecular formula is C24H30N6O4S2. The molecule has 192 valence electrons. The van der Waals surface area contributed by atoms with Crippen LogP contribution in [-0.4, -0.2) is 66.1 Å². The second-order valence-electron chi connectivity index (χ2n) is 9.63. The first-order valence-electron chi connectivity index (χ1n) is 12.0. The van der Waals surface area contributed by atoms with Crippen LogP contribution in [0.1, 0.15) is 42.3 Å². The Morgan fingerprint density at radius 2 is 1.97 bits per heavy atom. The van der Waals surface area contributed by atoms with Gasteiger partial charge in [0.2, 0.25) is 0 Å². The molecule has 1 aliphatic carbocycles. The molecule has 10 nitrogen and oxygen atoms in total. The molecule has 1 aromatic carbocycles. The van der Waals surface area contributed by atoms with E-state index in [1.807, 2.05) is 37.1 Å². The maximum atomic E-state index is 13.7. The molecule has 0 radical (unpaired) electrons. The number of ether oxygens (including phenoxy) is 1. The van der Waals surface area contributed by atoms with Gasteiger partial charge in [-0.2, -0.15) is 5.10 Å². The quantitative estimate of drug-likeness (QED) is 0.419. The Labute approximate surface area is 214 Å². The molecule has 0 spiro atoms. The number of nitrogens with zero attached hydrogens (tertiary/aromatic N) is 3. The number of benzene rings is 1. The summed E-state index contributed by atoms with van der Waals surface area (Å²) in [5.41, 5.74) is 7.39. The number of aryl methyl sites for hydroxylation is 1. The number of nitrogens with two attached hydrogens (primary N) is 1. The van der Waals surface area contributed by atoms with E-state index in [2.05, 4.69) is 20.5 Å². The largest absolute Gasteiger partial charge is 0.446 e. The smallest absolute Gasteiger partial charge is 0.404 e. The highest BCUT2D eigenvalue weighted by molar-refractivity contribution is 7.92. The van der Waals surface area contributed by atoms with Crippen LogP contribution >= 0.6 is 11.3 Å². The van der Waals surface area contributed by atoms with Gasteiger partial charge in [-0.25, -0.2) is 18.2 Å². The number of anilines is 2. The molecular weight excluding hydrogens is 500 g/mol. The molecule has 36 heavy (non-hydrogen) atoms. The molecule has 2 aliphatic rings. The first-order valence-corrected chi connectivity index (χ1v) is 14.3. The number of rotatable bonds is 7. The Morgan fingerprint density at radius 3 is 2.61 bits per heavy atom. The maximum absolute atomic E-state index is 13.7. The highest BCUT2D eigenvalue weighted by Crippen LogP contribution is 2.41. The fourth-order valence-electron chi connectivity index (χ4n) is 4.88. The second-order valence-corrected chi connectivity index (χ2v) is 12.9. The molecule has 12 heteroatoms. The predicted molar refractivity (Wildman–Crippen MR) is 138 cm³/mol. The Morgan fingerprint density at radius 1 is 1.22 bits per heavy atom. The Kier molecular flexibility index (Phi) is 6.75. The molecule has 0 atom stereocenters. The van der Waals surface area contributed by atoms with Crippen LogP contribution in [0.25, 0.3) is 10.4 Å². The molecule has 3 aromatic rings. The molecule has 2 aromatic heterocycles. The molecule has 1 saturated heterocycles. The molecule has 5 rings (SSSR count). The van der Waals surface area contributed by atoms with Crippen molar-refractivity contribution in [3.05, 3.63) is 41.2 Å². The van der Waals surface area contributed by atoms with Gasteiger partial charge in [-0.15, -0.1) is 11.3 Å². The van der Waals surface area contributed by atoms with Gasteiger partial charge in [0.1, 0.15) is 6.10 Å². The van der Waals surface area contributed by atoms with Gasteiger partial charge in [-0.05, 0) is 51.8 Å². The maximum Gasteiger partial charge on any atom is 0.404 e. The minimum atomic E-state index is -3.55. The summed E-state index contributed by atoms with van der Waals surface area (Å²) in [4.78, 5) is 18.8. The van der Waals surface area contributed by atoms with Crippen molar-refractivity contribution < 1.29 is 17.9 Å². The van der Waals surface area contributed by atoms with Crippen molar-refractivity contribution in [1.29, 1.82) is 0 Å². The third kappa shape index (κ3) is 5.11. The number of hydrogen-bond donors (Lipinski definition) is 3. The number of aromatic nitrogens is 3. The van der Waals surface area contributed by atoms with Gasteiger partial charge >= 0.3 is 6.09 Å². The van der Waals surface area contributed by atoms with Gasteiger partial charge in [-0.1, -0.05) is 6.07 Å². The summed E-state index contributed by atoms with van der Waals surface area (Å²) >= 11 is 1.53. The summed E-state index contributed by atoms with van der Waals surface area (Å²) in [6, 6.07) is 7.30. The molecule has 4 N–H and O–H groups in total. The summed E-state index contributed by atoms with van der Waals surface area (Å²) in [5.74, 6) is 0.878. The average Bonchev–Trinajstić information content (AvgIpc) is 3.46. The first-order chi connectivity index (χ1) is 17.2. The Balaban J connectivity index is 1.42. The highest BCUT2D eigenvalue weighted by Gasteiger charge is 2.38. The van der Waals surface area contributed by atoms with Crippen molar-refractivity contribution in [2.75, 3.05) is 25.5 Å². The number of amides is 1. The van der Waals surface area contributed by atoms with Gasteiger partial charge in [0.15, 0.2) is 15.7 Å². The van der Waals surface area contributed by atoms with Crippen LogP contribution in [0.15, 0.2) is 35.4 Å². The number of aromatic amines is 1. The molecule has 0 unspecified atom stereocenters. The number of likely N-dealkylation sites (tertiary alicyclic amines) is 1. The fraction of sp³-hybridized carbons (Fsp3) is 0.458. The minimum Gasteiger partial charge on any atom is -0.446 e. The van der Waals surface area contributed by atoms with Crippen molar-refractivity contribution in [2.24, 2.45) is 5.73 Å². The van der Waals surface area contributed by atoms with Crippen molar-refractivity contribution in [2.45, 2.75) is 54.8 Å². The topological polar surface area (TPSA) is 143 Å². The zero-order valence-corrected chi connectivity index (χ0v) is 21.9. The Hall–Kier alpha value is -2.96. The van der Waals surface area contributed by atoms with E-state index in [1.165, 1.54) is 11.3 Å². The zero-order valence-electron chi connectivity index (χ0n) is 20.2. The van der Waals surface area contributed by atoms with Crippen LogP contribution < -0.4 is 11.1 Å². The number of H-pyrrole nitrogens is 1. The number of carbonyl (C=O) groups is 1. The number of primary amides is 1. The van der Waals surface area contributed by atoms with Crippen molar-refractivity contribution in [1.82, 2.24) is 20.1 Å². The highest BCUT2D eigenvalue weighted by atomic mass is 32.2. The first kappa shape index (κ1) is 24.7. The van der Waals surface area contributed by atoms with Crippen molar-refractivity contribution >= 4 is 38.8 Å². The summed E-state index contributed by atoms with van der Waals surface area (Å²) in [6.45, 7) is 2.94. The van der Waals surface area contributed by atoms with Crippen LogP contribution in [0.5, 0.6) is 0 Å². The number of thiazole rings is 1. The van der Waals surface area contributed by atoms with Gasteiger partial charge in [-0.3, -0.25) is 5.10 Å². The molecule has 2 fully saturated rings. The third-order valence-corrected chi connectivity index (χ3v) is 10.2. The molecule has 1 amide bonds. The van der Waals surface area contributed by atoms with E-state index in [9.17, 15) is 13.2 Å². The lowest BCUT2D eigenvalue weighted by molar-refractivity contribution is 0.0787. The van der Waals surface area contributed by atoms with E-state index in [0.717, 1.165) is 41.3 Å². The summed E-state index contributed by atoms with van der Waals surface area (Å²) in [7, 11) is -1.63. The summed E-state index contributed by atoms with van der Waals surface area (Å²) < 4.78 is 32.4. The molecule has 1 saturated carbocycles. The molecule has 3 heterocycles. The van der Waals surface area contributed by atoms with Crippen LogP contribution in [-0.2, 0) is 14.6 Å². The zero-order chi connectivity index (χ0) is 25.4. The number of carbonyl (C=O) groups excluding carboxylic acids is 1. The average molecular weight is 531 g/mol. The van der Waals surface area contributed by atoms with E-state index in [1.54, 1.807) is 12.3 Å². The van der Waals surface area contributed by atoms with Crippen LogP contribution in [0.3, 0.4) is 0 Å².